The van der Waals surface area contributed by atoms with Gasteiger partial charge in [0.2, 0.25) is 0 Å². The first-order chi connectivity index (χ1) is 11.8. The Kier molecular flexibility index (Phi) is 7.97. The van der Waals surface area contributed by atoms with Crippen LogP contribution in [0.3, 0.4) is 0 Å². The van der Waals surface area contributed by atoms with Crippen LogP contribution >= 0.6 is 24.0 Å². The summed E-state index contributed by atoms with van der Waals surface area (Å²) in [6.07, 6.45) is 12.2. The predicted molar refractivity (Wildman–Crippen MR) is 113 cm³/mol. The molecule has 0 amide bonds. The maximum absolute atomic E-state index is 4.70. The highest BCUT2D eigenvalue weighted by Crippen LogP contribution is 2.10. The molecule has 6 heteroatoms. The largest absolute Gasteiger partial charge is 0.357 e. The van der Waals surface area contributed by atoms with Crippen LogP contribution in [0.2, 0.25) is 0 Å². The van der Waals surface area contributed by atoms with Crippen molar-refractivity contribution in [2.75, 3.05) is 6.54 Å². The van der Waals surface area contributed by atoms with Crippen LogP contribution in [-0.4, -0.2) is 28.1 Å². The summed E-state index contributed by atoms with van der Waals surface area (Å²) in [6, 6.07) is 9.09. The van der Waals surface area contributed by atoms with Crippen molar-refractivity contribution < 1.29 is 0 Å². The van der Waals surface area contributed by atoms with Gasteiger partial charge in [-0.25, -0.2) is 9.98 Å². The molecule has 0 aliphatic heterocycles. The fraction of sp³-hybridized carbons (Fsp3) is 0.368. The average molecular weight is 451 g/mol. The summed E-state index contributed by atoms with van der Waals surface area (Å²) in [5, 5.41) is 6.82. The third kappa shape index (κ3) is 6.19. The van der Waals surface area contributed by atoms with Gasteiger partial charge in [-0.1, -0.05) is 36.4 Å². The maximum atomic E-state index is 4.70. The Morgan fingerprint density at radius 1 is 1.20 bits per heavy atom. The first-order valence-corrected chi connectivity index (χ1v) is 8.57. The molecule has 134 valence electrons. The molecule has 0 fully saturated rings. The smallest absolute Gasteiger partial charge is 0.191 e. The number of aliphatic imine (C=N–C) groups is 1. The van der Waals surface area contributed by atoms with Crippen molar-refractivity contribution in [3.63, 3.8) is 0 Å². The average Bonchev–Trinajstić information content (AvgIpc) is 3.28. The Bertz CT molecular complexity index is 668. The van der Waals surface area contributed by atoms with Crippen molar-refractivity contribution in [3.8, 4) is 0 Å². The lowest BCUT2D eigenvalue weighted by Gasteiger charge is -2.16. The van der Waals surface area contributed by atoms with Gasteiger partial charge in [0.15, 0.2) is 5.96 Å². The molecule has 5 nitrogen and oxygen atoms in total. The molecule has 0 bridgehead atoms. The Labute approximate surface area is 166 Å². The van der Waals surface area contributed by atoms with Crippen LogP contribution in [0.5, 0.6) is 0 Å². The van der Waals surface area contributed by atoms with E-state index in [1.165, 1.54) is 11.1 Å². The summed E-state index contributed by atoms with van der Waals surface area (Å²) in [7, 11) is 0. The van der Waals surface area contributed by atoms with E-state index in [0.29, 0.717) is 12.6 Å². The molecule has 25 heavy (non-hydrogen) atoms. The van der Waals surface area contributed by atoms with E-state index < -0.39 is 0 Å². The van der Waals surface area contributed by atoms with Gasteiger partial charge in [0.25, 0.3) is 0 Å². The minimum atomic E-state index is 0. The summed E-state index contributed by atoms with van der Waals surface area (Å²) in [5.41, 5.74) is 2.48. The molecule has 1 heterocycles. The second-order valence-corrected chi connectivity index (χ2v) is 6.03. The van der Waals surface area contributed by atoms with E-state index in [9.17, 15) is 0 Å². The summed E-state index contributed by atoms with van der Waals surface area (Å²) in [5.74, 6) is 0.897. The Balaban J connectivity index is 0.00000225. The number of hydrogen-bond donors (Lipinski definition) is 2. The summed E-state index contributed by atoms with van der Waals surface area (Å²) < 4.78 is 2.07. The van der Waals surface area contributed by atoms with Crippen LogP contribution in [0.15, 0.2) is 60.1 Å². The molecule has 3 rings (SSSR count). The minimum Gasteiger partial charge on any atom is -0.357 e. The number of imidazole rings is 1. The SMILES string of the molecule is CCNC(=NCc1ccc(Cn2ccnc2)cc1)NC1CC=CC1.I. The number of rotatable bonds is 6. The predicted octanol–water partition coefficient (Wildman–Crippen LogP) is 3.32. The van der Waals surface area contributed by atoms with Gasteiger partial charge < -0.3 is 15.2 Å². The van der Waals surface area contributed by atoms with Gasteiger partial charge in [0, 0.05) is 31.5 Å². The lowest BCUT2D eigenvalue weighted by atomic mass is 10.1. The highest BCUT2D eigenvalue weighted by Gasteiger charge is 2.11. The molecule has 0 spiro atoms. The number of guanidine groups is 1. The van der Waals surface area contributed by atoms with Crippen LogP contribution in [-0.2, 0) is 13.1 Å². The number of hydrogen-bond acceptors (Lipinski definition) is 2. The van der Waals surface area contributed by atoms with Crippen LogP contribution in [0.1, 0.15) is 30.9 Å². The number of benzene rings is 1. The van der Waals surface area contributed by atoms with E-state index >= 15 is 0 Å². The van der Waals surface area contributed by atoms with Crippen LogP contribution in [0.4, 0.5) is 0 Å². The summed E-state index contributed by atoms with van der Waals surface area (Å²) in [4.78, 5) is 8.78. The molecule has 1 aliphatic carbocycles. The van der Waals surface area contributed by atoms with E-state index in [1.54, 1.807) is 6.20 Å². The van der Waals surface area contributed by atoms with Crippen LogP contribution in [0, 0.1) is 0 Å². The van der Waals surface area contributed by atoms with Crippen molar-refractivity contribution in [1.82, 2.24) is 20.2 Å². The van der Waals surface area contributed by atoms with Crippen molar-refractivity contribution in [2.24, 2.45) is 4.99 Å². The van der Waals surface area contributed by atoms with E-state index in [-0.39, 0.29) is 24.0 Å². The minimum absolute atomic E-state index is 0. The molecule has 0 saturated heterocycles. The Morgan fingerprint density at radius 3 is 2.56 bits per heavy atom. The molecule has 1 aromatic carbocycles. The first-order valence-electron chi connectivity index (χ1n) is 8.57. The zero-order chi connectivity index (χ0) is 16.6. The molecule has 2 N–H and O–H groups in total. The summed E-state index contributed by atoms with van der Waals surface area (Å²) >= 11 is 0. The van der Waals surface area contributed by atoms with Gasteiger partial charge in [-0.2, -0.15) is 0 Å². The molecule has 2 aromatic rings. The number of nitrogens with zero attached hydrogens (tertiary/aromatic N) is 3. The summed E-state index contributed by atoms with van der Waals surface area (Å²) in [6.45, 7) is 4.49. The zero-order valence-corrected chi connectivity index (χ0v) is 16.9. The molecular formula is C19H26IN5. The normalized spacial score (nSPS) is 14.4. The fourth-order valence-electron chi connectivity index (χ4n) is 2.76. The number of halogens is 1. The highest BCUT2D eigenvalue weighted by molar-refractivity contribution is 14.0. The van der Waals surface area contributed by atoms with Crippen molar-refractivity contribution >= 4 is 29.9 Å². The van der Waals surface area contributed by atoms with Gasteiger partial charge in [-0.3, -0.25) is 0 Å². The second-order valence-electron chi connectivity index (χ2n) is 6.03. The monoisotopic (exact) mass is 451 g/mol. The standard InChI is InChI=1S/C19H25N5.HI/c1-2-21-19(23-18-5-3-4-6-18)22-13-16-7-9-17(10-8-16)14-24-12-11-20-15-24;/h3-4,7-12,15,18H,2,5-6,13-14H2,1H3,(H2,21,22,23);1H. The maximum Gasteiger partial charge on any atom is 0.191 e. The fourth-order valence-corrected chi connectivity index (χ4v) is 2.76. The van der Waals surface area contributed by atoms with Crippen molar-refractivity contribution in [2.45, 2.75) is 38.9 Å². The Morgan fingerprint density at radius 2 is 1.92 bits per heavy atom. The van der Waals surface area contributed by atoms with Crippen LogP contribution in [0.25, 0.3) is 0 Å². The number of aromatic nitrogens is 2. The molecule has 0 saturated carbocycles. The second kappa shape index (κ2) is 10.2. The first kappa shape index (κ1) is 19.5. The zero-order valence-electron chi connectivity index (χ0n) is 14.6. The lowest BCUT2D eigenvalue weighted by molar-refractivity contribution is 0.633. The van der Waals surface area contributed by atoms with Gasteiger partial charge in [-0.05, 0) is 30.9 Å². The van der Waals surface area contributed by atoms with Gasteiger partial charge >= 0.3 is 0 Å². The van der Waals surface area contributed by atoms with Gasteiger partial charge in [0.1, 0.15) is 0 Å². The molecule has 1 aliphatic rings. The van der Waals surface area contributed by atoms with Crippen molar-refractivity contribution in [3.05, 3.63) is 66.3 Å². The molecule has 0 unspecified atom stereocenters. The quantitative estimate of drug-likeness (QED) is 0.307. The van der Waals surface area contributed by atoms with Crippen molar-refractivity contribution in [1.29, 1.82) is 0 Å². The topological polar surface area (TPSA) is 54.2 Å². The third-order valence-electron chi connectivity index (χ3n) is 4.06. The third-order valence-corrected chi connectivity index (χ3v) is 4.06. The molecular weight excluding hydrogens is 425 g/mol. The lowest BCUT2D eigenvalue weighted by Crippen LogP contribution is -2.42. The van der Waals surface area contributed by atoms with E-state index in [0.717, 1.165) is 31.9 Å². The van der Waals surface area contributed by atoms with Crippen LogP contribution < -0.4 is 10.6 Å². The molecule has 0 atom stereocenters. The van der Waals surface area contributed by atoms with E-state index in [2.05, 4.69) is 63.5 Å². The van der Waals surface area contributed by atoms with Gasteiger partial charge in [0.05, 0.1) is 12.9 Å². The highest BCUT2D eigenvalue weighted by atomic mass is 127. The Hall–Kier alpha value is -1.83. The van der Waals surface area contributed by atoms with E-state index in [1.807, 2.05) is 12.5 Å². The number of nitrogens with one attached hydrogen (secondary N) is 2. The van der Waals surface area contributed by atoms with Gasteiger partial charge in [-0.15, -0.1) is 24.0 Å². The molecule has 1 aromatic heterocycles. The van der Waals surface area contributed by atoms with E-state index in [4.69, 9.17) is 4.99 Å². The molecule has 0 radical (unpaired) electrons.